The van der Waals surface area contributed by atoms with Crippen molar-refractivity contribution < 1.29 is 24.0 Å². The van der Waals surface area contributed by atoms with E-state index in [-0.39, 0.29) is 11.6 Å². The lowest BCUT2D eigenvalue weighted by molar-refractivity contribution is -0.386. The first-order chi connectivity index (χ1) is 14.2. The summed E-state index contributed by atoms with van der Waals surface area (Å²) in [5, 5.41) is 16.0. The van der Waals surface area contributed by atoms with Gasteiger partial charge in [0.2, 0.25) is 5.91 Å². The number of amides is 3. The number of carbonyl (C=O) groups is 3. The molecule has 0 aliphatic heterocycles. The number of aromatic nitrogens is 1. The van der Waals surface area contributed by atoms with E-state index in [2.05, 4.69) is 15.4 Å². The smallest absolute Gasteiger partial charge is 0.339 e. The SMILES string of the molecule is COC(=O)c1cc([N+](=O)[O-])c(=O)n(CC(=O)NC(=O)N[C@H](C)[C@@H]2C[C@H]3CC[C@H]2C3)c1. The number of methoxy groups -OCH3 is 1. The first-order valence-corrected chi connectivity index (χ1v) is 9.77. The molecule has 1 aromatic rings. The molecule has 11 heteroatoms. The molecule has 3 rings (SSSR count). The van der Waals surface area contributed by atoms with Crippen molar-refractivity contribution in [3.8, 4) is 0 Å². The number of ether oxygens (including phenoxy) is 1. The standard InChI is InChI=1S/C19H24N4O7/c1-10(14-6-11-3-4-12(14)5-11)20-19(27)21-16(24)9-22-8-13(18(26)30-2)7-15(17(22)25)23(28)29/h7-8,10-12,14H,3-6,9H2,1-2H3,(H2,20,21,24,27)/t10-,11+,12+,14+/m1/s1. The normalized spacial score (nSPS) is 22.9. The highest BCUT2D eigenvalue weighted by atomic mass is 16.6. The van der Waals surface area contributed by atoms with Crippen molar-refractivity contribution in [2.75, 3.05) is 7.11 Å². The fourth-order valence-electron chi connectivity index (χ4n) is 4.67. The molecule has 2 saturated carbocycles. The number of nitrogens with one attached hydrogen (secondary N) is 2. The fourth-order valence-corrected chi connectivity index (χ4v) is 4.67. The van der Waals surface area contributed by atoms with E-state index in [4.69, 9.17) is 0 Å². The average Bonchev–Trinajstić information content (AvgIpc) is 3.32. The Morgan fingerprint density at radius 3 is 2.63 bits per heavy atom. The van der Waals surface area contributed by atoms with E-state index in [1.807, 2.05) is 6.92 Å². The van der Waals surface area contributed by atoms with Crippen LogP contribution in [-0.4, -0.2) is 40.5 Å². The average molecular weight is 420 g/mol. The zero-order valence-corrected chi connectivity index (χ0v) is 16.8. The van der Waals surface area contributed by atoms with Crippen molar-refractivity contribution in [2.24, 2.45) is 17.8 Å². The fraction of sp³-hybridized carbons (Fsp3) is 0.579. The summed E-state index contributed by atoms with van der Waals surface area (Å²) in [5.41, 5.74) is -2.20. The Morgan fingerprint density at radius 2 is 2.07 bits per heavy atom. The van der Waals surface area contributed by atoms with Gasteiger partial charge in [0.15, 0.2) is 0 Å². The van der Waals surface area contributed by atoms with Gasteiger partial charge in [0.05, 0.1) is 17.6 Å². The maximum atomic E-state index is 12.2. The van der Waals surface area contributed by atoms with E-state index < -0.39 is 40.6 Å². The molecule has 0 radical (unpaired) electrons. The summed E-state index contributed by atoms with van der Waals surface area (Å²) in [4.78, 5) is 58.4. The van der Waals surface area contributed by atoms with Crippen LogP contribution in [0.4, 0.5) is 10.5 Å². The second-order valence-corrected chi connectivity index (χ2v) is 7.94. The second kappa shape index (κ2) is 8.64. The Labute approximate surface area is 171 Å². The minimum absolute atomic E-state index is 0.0976. The predicted octanol–water partition coefficient (Wildman–Crippen LogP) is 1.19. The number of nitrogens with zero attached hydrogens (tertiary/aromatic N) is 2. The zero-order valence-electron chi connectivity index (χ0n) is 16.8. The Morgan fingerprint density at radius 1 is 1.33 bits per heavy atom. The van der Waals surface area contributed by atoms with Crippen molar-refractivity contribution in [3.05, 3.63) is 38.3 Å². The number of urea groups is 1. The van der Waals surface area contributed by atoms with Gasteiger partial charge in [-0.3, -0.25) is 29.6 Å². The minimum atomic E-state index is -1.07. The largest absolute Gasteiger partial charge is 0.465 e. The summed E-state index contributed by atoms with van der Waals surface area (Å²) in [6.07, 6.45) is 5.65. The van der Waals surface area contributed by atoms with Gasteiger partial charge in [0.1, 0.15) is 6.54 Å². The highest BCUT2D eigenvalue weighted by Crippen LogP contribution is 2.49. The topological polar surface area (TPSA) is 150 Å². The third-order valence-corrected chi connectivity index (χ3v) is 6.05. The second-order valence-electron chi connectivity index (χ2n) is 7.94. The van der Waals surface area contributed by atoms with Gasteiger partial charge in [-0.15, -0.1) is 0 Å². The molecule has 2 aliphatic carbocycles. The van der Waals surface area contributed by atoms with Crippen LogP contribution in [-0.2, 0) is 16.1 Å². The van der Waals surface area contributed by atoms with E-state index in [1.54, 1.807) is 0 Å². The summed E-state index contributed by atoms with van der Waals surface area (Å²) in [7, 11) is 1.08. The number of esters is 1. The van der Waals surface area contributed by atoms with E-state index in [1.165, 1.54) is 19.3 Å². The monoisotopic (exact) mass is 420 g/mol. The van der Waals surface area contributed by atoms with Crippen molar-refractivity contribution in [3.63, 3.8) is 0 Å². The van der Waals surface area contributed by atoms with Gasteiger partial charge < -0.3 is 10.1 Å². The van der Waals surface area contributed by atoms with Gasteiger partial charge in [0.25, 0.3) is 0 Å². The maximum absolute atomic E-state index is 12.2. The van der Waals surface area contributed by atoms with Gasteiger partial charge in [-0.05, 0) is 43.9 Å². The highest BCUT2D eigenvalue weighted by molar-refractivity contribution is 5.94. The number of pyridine rings is 1. The van der Waals surface area contributed by atoms with Gasteiger partial charge in [-0.1, -0.05) is 6.42 Å². The number of imide groups is 1. The van der Waals surface area contributed by atoms with Crippen LogP contribution >= 0.6 is 0 Å². The maximum Gasteiger partial charge on any atom is 0.339 e. The number of hydrogen-bond acceptors (Lipinski definition) is 7. The quantitative estimate of drug-likeness (QED) is 0.399. The van der Waals surface area contributed by atoms with Gasteiger partial charge in [-0.2, -0.15) is 0 Å². The van der Waals surface area contributed by atoms with Gasteiger partial charge >= 0.3 is 23.2 Å². The van der Waals surface area contributed by atoms with E-state index >= 15 is 0 Å². The Balaban J connectivity index is 1.64. The van der Waals surface area contributed by atoms with Crippen LogP contribution in [0.15, 0.2) is 17.1 Å². The summed E-state index contributed by atoms with van der Waals surface area (Å²) < 4.78 is 5.21. The summed E-state index contributed by atoms with van der Waals surface area (Å²) in [6.45, 7) is 1.24. The minimum Gasteiger partial charge on any atom is -0.465 e. The first kappa shape index (κ1) is 21.5. The molecule has 2 bridgehead atoms. The molecule has 2 fully saturated rings. The number of fused-ring (bicyclic) bond motifs is 2. The Hall–Kier alpha value is -3.24. The van der Waals surface area contributed by atoms with Crippen LogP contribution in [0.5, 0.6) is 0 Å². The lowest BCUT2D eigenvalue weighted by Crippen LogP contribution is -2.48. The summed E-state index contributed by atoms with van der Waals surface area (Å²) in [5.74, 6) is -0.0396. The van der Waals surface area contributed by atoms with Crippen molar-refractivity contribution in [1.29, 1.82) is 0 Å². The molecule has 4 atom stereocenters. The Bertz CT molecular complexity index is 941. The van der Waals surface area contributed by atoms with Crippen molar-refractivity contribution in [2.45, 2.75) is 45.2 Å². The Kier molecular flexibility index (Phi) is 6.18. The molecule has 30 heavy (non-hydrogen) atoms. The molecule has 0 aromatic carbocycles. The van der Waals surface area contributed by atoms with E-state index in [9.17, 15) is 29.3 Å². The number of carbonyl (C=O) groups excluding carboxylic acids is 3. The molecule has 0 saturated heterocycles. The van der Waals surface area contributed by atoms with Crippen LogP contribution in [0, 0.1) is 27.9 Å². The molecule has 2 N–H and O–H groups in total. The molecule has 0 spiro atoms. The summed E-state index contributed by atoms with van der Waals surface area (Å²) >= 11 is 0. The highest BCUT2D eigenvalue weighted by Gasteiger charge is 2.42. The molecule has 1 heterocycles. The van der Waals surface area contributed by atoms with Gasteiger partial charge in [0, 0.05) is 18.3 Å². The van der Waals surface area contributed by atoms with Crippen LogP contribution in [0.1, 0.15) is 43.0 Å². The zero-order chi connectivity index (χ0) is 22.0. The van der Waals surface area contributed by atoms with E-state index in [0.717, 1.165) is 31.7 Å². The molecule has 11 nitrogen and oxygen atoms in total. The molecule has 2 aliphatic rings. The summed E-state index contributed by atoms with van der Waals surface area (Å²) in [6, 6.07) is -0.00627. The third kappa shape index (κ3) is 4.50. The lowest BCUT2D eigenvalue weighted by atomic mass is 9.84. The van der Waals surface area contributed by atoms with Crippen LogP contribution < -0.4 is 16.2 Å². The van der Waals surface area contributed by atoms with Crippen LogP contribution in [0.25, 0.3) is 0 Å². The predicted molar refractivity (Wildman–Crippen MR) is 104 cm³/mol. The molecule has 0 unspecified atom stereocenters. The number of hydrogen-bond donors (Lipinski definition) is 2. The molecule has 162 valence electrons. The number of nitro groups is 1. The molecular weight excluding hydrogens is 396 g/mol. The van der Waals surface area contributed by atoms with Crippen molar-refractivity contribution in [1.82, 2.24) is 15.2 Å². The molecule has 3 amide bonds. The van der Waals surface area contributed by atoms with Crippen molar-refractivity contribution >= 4 is 23.6 Å². The van der Waals surface area contributed by atoms with Gasteiger partial charge in [-0.25, -0.2) is 9.59 Å². The van der Waals surface area contributed by atoms with Crippen LogP contribution in [0.3, 0.4) is 0 Å². The number of rotatable bonds is 6. The first-order valence-electron chi connectivity index (χ1n) is 9.77. The molecule has 1 aromatic heterocycles. The molecular formula is C19H24N4O7. The van der Waals surface area contributed by atoms with E-state index in [0.29, 0.717) is 16.4 Å². The lowest BCUT2D eigenvalue weighted by Gasteiger charge is -2.28. The third-order valence-electron chi connectivity index (χ3n) is 6.05. The van der Waals surface area contributed by atoms with Crippen LogP contribution in [0.2, 0.25) is 0 Å².